The molecule has 1 fully saturated rings. The number of benzene rings is 1. The second-order valence-corrected chi connectivity index (χ2v) is 4.79. The van der Waals surface area contributed by atoms with E-state index in [1.807, 2.05) is 12.1 Å². The zero-order valence-electron chi connectivity index (χ0n) is 10.6. The second kappa shape index (κ2) is 5.38. The first kappa shape index (κ1) is 12.2. The molecule has 4 nitrogen and oxygen atoms in total. The van der Waals surface area contributed by atoms with Gasteiger partial charge in [-0.3, -0.25) is 0 Å². The van der Waals surface area contributed by atoms with Crippen molar-refractivity contribution in [2.45, 2.75) is 6.10 Å². The maximum atomic E-state index is 5.76. The number of rotatable bonds is 3. The van der Waals surface area contributed by atoms with Crippen molar-refractivity contribution in [2.24, 2.45) is 0 Å². The van der Waals surface area contributed by atoms with Crippen LogP contribution in [0.3, 0.4) is 0 Å². The highest BCUT2D eigenvalue weighted by atomic mass is 16.5. The van der Waals surface area contributed by atoms with Crippen LogP contribution in [0.15, 0.2) is 24.3 Å². The Kier molecular flexibility index (Phi) is 3.86. The van der Waals surface area contributed by atoms with Gasteiger partial charge in [0, 0.05) is 31.0 Å². The molecular weight excluding hydrogens is 214 g/mol. The molecule has 2 N–H and O–H groups in total. The van der Waals surface area contributed by atoms with Crippen molar-refractivity contribution in [2.75, 3.05) is 51.0 Å². The van der Waals surface area contributed by atoms with Gasteiger partial charge in [0.05, 0.1) is 12.7 Å². The highest BCUT2D eigenvalue weighted by Gasteiger charge is 2.20. The van der Waals surface area contributed by atoms with Gasteiger partial charge >= 0.3 is 0 Å². The van der Waals surface area contributed by atoms with Crippen molar-refractivity contribution < 1.29 is 4.74 Å². The first-order valence-corrected chi connectivity index (χ1v) is 6.02. The lowest BCUT2D eigenvalue weighted by Gasteiger charge is -2.35. The molecule has 0 saturated carbocycles. The van der Waals surface area contributed by atoms with Gasteiger partial charge in [-0.15, -0.1) is 0 Å². The Morgan fingerprint density at radius 2 is 2.06 bits per heavy atom. The molecule has 0 aliphatic carbocycles. The average molecular weight is 235 g/mol. The van der Waals surface area contributed by atoms with Crippen molar-refractivity contribution >= 4 is 11.4 Å². The van der Waals surface area contributed by atoms with Crippen LogP contribution in [-0.4, -0.2) is 51.3 Å². The molecule has 1 aromatic carbocycles. The summed E-state index contributed by atoms with van der Waals surface area (Å²) in [7, 11) is 4.15. The molecular formula is C13H21N3O. The summed E-state index contributed by atoms with van der Waals surface area (Å²) in [5, 5.41) is 0. The van der Waals surface area contributed by atoms with Crippen LogP contribution in [0.2, 0.25) is 0 Å². The lowest BCUT2D eigenvalue weighted by atomic mass is 10.2. The third-order valence-electron chi connectivity index (χ3n) is 2.97. The molecule has 0 amide bonds. The minimum Gasteiger partial charge on any atom is -0.399 e. The number of nitrogens with two attached hydrogens (primary N) is 1. The van der Waals surface area contributed by atoms with Crippen LogP contribution in [0.5, 0.6) is 0 Å². The van der Waals surface area contributed by atoms with Crippen LogP contribution in [-0.2, 0) is 4.74 Å². The van der Waals surface area contributed by atoms with Crippen molar-refractivity contribution in [3.8, 4) is 0 Å². The number of nitrogens with zero attached hydrogens (tertiary/aromatic N) is 2. The third-order valence-corrected chi connectivity index (χ3v) is 2.97. The Morgan fingerprint density at radius 3 is 2.71 bits per heavy atom. The van der Waals surface area contributed by atoms with Gasteiger partial charge in [-0.1, -0.05) is 0 Å². The molecule has 4 heteroatoms. The van der Waals surface area contributed by atoms with Crippen LogP contribution in [0.25, 0.3) is 0 Å². The van der Waals surface area contributed by atoms with Crippen LogP contribution < -0.4 is 10.6 Å². The molecule has 1 heterocycles. The third kappa shape index (κ3) is 3.35. The Hall–Kier alpha value is -1.26. The smallest absolute Gasteiger partial charge is 0.0877 e. The average Bonchev–Trinajstić information content (AvgIpc) is 2.29. The van der Waals surface area contributed by atoms with Gasteiger partial charge in [0.2, 0.25) is 0 Å². The Bertz CT molecular complexity index is 350. The van der Waals surface area contributed by atoms with E-state index in [2.05, 4.69) is 36.0 Å². The Morgan fingerprint density at radius 1 is 1.35 bits per heavy atom. The molecule has 0 radical (unpaired) electrons. The van der Waals surface area contributed by atoms with Crippen molar-refractivity contribution in [1.29, 1.82) is 0 Å². The number of hydrogen-bond donors (Lipinski definition) is 1. The largest absolute Gasteiger partial charge is 0.399 e. The van der Waals surface area contributed by atoms with Gasteiger partial charge in [0.1, 0.15) is 0 Å². The number of nitrogen functional groups attached to an aromatic ring is 1. The first-order chi connectivity index (χ1) is 8.15. The SMILES string of the molecule is CN(C)CC1CN(c2ccc(N)cc2)CCO1. The summed E-state index contributed by atoms with van der Waals surface area (Å²) in [6.07, 6.45) is 0.288. The lowest BCUT2D eigenvalue weighted by Crippen LogP contribution is -2.46. The number of morpholine rings is 1. The van der Waals surface area contributed by atoms with E-state index < -0.39 is 0 Å². The fourth-order valence-electron chi connectivity index (χ4n) is 2.16. The van der Waals surface area contributed by atoms with Crippen LogP contribution >= 0.6 is 0 Å². The Balaban J connectivity index is 1.99. The van der Waals surface area contributed by atoms with Gasteiger partial charge in [0.25, 0.3) is 0 Å². The van der Waals surface area contributed by atoms with Gasteiger partial charge in [-0.2, -0.15) is 0 Å². The van der Waals surface area contributed by atoms with E-state index in [1.165, 1.54) is 5.69 Å². The lowest BCUT2D eigenvalue weighted by molar-refractivity contribution is 0.0248. The summed E-state index contributed by atoms with van der Waals surface area (Å²) in [6, 6.07) is 8.05. The number of hydrogen-bond acceptors (Lipinski definition) is 4. The molecule has 0 aromatic heterocycles. The molecule has 0 spiro atoms. The number of ether oxygens (including phenoxy) is 1. The molecule has 0 bridgehead atoms. The van der Waals surface area contributed by atoms with Gasteiger partial charge in [-0.25, -0.2) is 0 Å². The fourth-order valence-corrected chi connectivity index (χ4v) is 2.16. The second-order valence-electron chi connectivity index (χ2n) is 4.79. The standard InChI is InChI=1S/C13H21N3O/c1-15(2)9-13-10-16(7-8-17-13)12-5-3-11(14)4-6-12/h3-6,13H,7-10,14H2,1-2H3. The molecule has 1 atom stereocenters. The van der Waals surface area contributed by atoms with Gasteiger partial charge in [0.15, 0.2) is 0 Å². The molecule has 94 valence electrons. The minimum atomic E-state index is 0.288. The molecule has 2 rings (SSSR count). The predicted octanol–water partition coefficient (Wildman–Crippen LogP) is 1.04. The number of anilines is 2. The van der Waals surface area contributed by atoms with E-state index in [9.17, 15) is 0 Å². The van der Waals surface area contributed by atoms with Crippen LogP contribution in [0, 0.1) is 0 Å². The summed E-state index contributed by atoms with van der Waals surface area (Å²) < 4.78 is 5.76. The van der Waals surface area contributed by atoms with Crippen LogP contribution in [0.4, 0.5) is 11.4 Å². The van der Waals surface area contributed by atoms with Crippen molar-refractivity contribution in [1.82, 2.24) is 4.90 Å². The topological polar surface area (TPSA) is 41.7 Å². The summed E-state index contributed by atoms with van der Waals surface area (Å²) in [4.78, 5) is 4.52. The van der Waals surface area contributed by atoms with E-state index in [0.717, 1.165) is 31.9 Å². The monoisotopic (exact) mass is 235 g/mol. The number of likely N-dealkylation sites (N-methyl/N-ethyl adjacent to an activating group) is 1. The van der Waals surface area contributed by atoms with E-state index in [-0.39, 0.29) is 6.10 Å². The van der Waals surface area contributed by atoms with Crippen molar-refractivity contribution in [3.05, 3.63) is 24.3 Å². The van der Waals surface area contributed by atoms with Crippen molar-refractivity contribution in [3.63, 3.8) is 0 Å². The van der Waals surface area contributed by atoms with E-state index >= 15 is 0 Å². The first-order valence-electron chi connectivity index (χ1n) is 6.02. The summed E-state index contributed by atoms with van der Waals surface area (Å²) in [6.45, 7) is 3.66. The highest BCUT2D eigenvalue weighted by molar-refractivity contribution is 5.53. The maximum absolute atomic E-state index is 5.76. The van der Waals surface area contributed by atoms with E-state index in [0.29, 0.717) is 0 Å². The Labute approximate surface area is 103 Å². The molecule has 1 aliphatic heterocycles. The normalized spacial score (nSPS) is 20.9. The maximum Gasteiger partial charge on any atom is 0.0877 e. The van der Waals surface area contributed by atoms with Gasteiger partial charge < -0.3 is 20.3 Å². The van der Waals surface area contributed by atoms with E-state index in [1.54, 1.807) is 0 Å². The quantitative estimate of drug-likeness (QED) is 0.795. The van der Waals surface area contributed by atoms with E-state index in [4.69, 9.17) is 10.5 Å². The zero-order valence-corrected chi connectivity index (χ0v) is 10.6. The molecule has 1 aromatic rings. The fraction of sp³-hybridized carbons (Fsp3) is 0.538. The summed E-state index contributed by atoms with van der Waals surface area (Å²) in [5.41, 5.74) is 7.74. The minimum absolute atomic E-state index is 0.288. The molecule has 1 unspecified atom stereocenters. The summed E-state index contributed by atoms with van der Waals surface area (Å²) in [5.74, 6) is 0. The molecule has 1 aliphatic rings. The summed E-state index contributed by atoms with van der Waals surface area (Å²) >= 11 is 0. The van der Waals surface area contributed by atoms with Crippen LogP contribution in [0.1, 0.15) is 0 Å². The molecule has 17 heavy (non-hydrogen) atoms. The highest BCUT2D eigenvalue weighted by Crippen LogP contribution is 2.19. The van der Waals surface area contributed by atoms with Gasteiger partial charge in [-0.05, 0) is 38.4 Å². The zero-order chi connectivity index (χ0) is 12.3. The molecule has 1 saturated heterocycles. The predicted molar refractivity (Wildman–Crippen MR) is 71.4 cm³/mol.